The van der Waals surface area contributed by atoms with Crippen molar-refractivity contribution in [1.29, 1.82) is 0 Å². The van der Waals surface area contributed by atoms with E-state index in [0.29, 0.717) is 31.0 Å². The maximum atomic E-state index is 12.0. The molecule has 1 rings (SSSR count). The summed E-state index contributed by atoms with van der Waals surface area (Å²) in [5.74, 6) is 0.175. The summed E-state index contributed by atoms with van der Waals surface area (Å²) < 4.78 is 0. The van der Waals surface area contributed by atoms with Crippen molar-refractivity contribution < 1.29 is 4.79 Å². The molecular weight excluding hydrogens is 244 g/mol. The molecule has 0 aliphatic carbocycles. The number of carbonyl (C=O) groups excluding carboxylic acids is 1. The summed E-state index contributed by atoms with van der Waals surface area (Å²) in [6.07, 6.45) is 0.677. The Balaban J connectivity index is 3.04. The van der Waals surface area contributed by atoms with Crippen LogP contribution < -0.4 is 16.6 Å². The van der Waals surface area contributed by atoms with Crippen LogP contribution in [-0.4, -0.2) is 29.0 Å². The largest absolute Gasteiger partial charge is 0.352 e. The van der Waals surface area contributed by atoms with E-state index in [2.05, 4.69) is 15.3 Å². The topological polar surface area (TPSA) is 101 Å². The predicted octanol–water partition coefficient (Wildman–Crippen LogP) is 0.454. The number of aryl methyl sites for hydroxylation is 1. The van der Waals surface area contributed by atoms with Crippen LogP contribution in [-0.2, 0) is 5.41 Å². The van der Waals surface area contributed by atoms with E-state index >= 15 is 0 Å². The molecular formula is C13H22N4O2. The van der Waals surface area contributed by atoms with Crippen molar-refractivity contribution >= 4 is 5.91 Å². The van der Waals surface area contributed by atoms with Gasteiger partial charge in [-0.3, -0.25) is 9.59 Å². The monoisotopic (exact) mass is 266 g/mol. The van der Waals surface area contributed by atoms with Crippen molar-refractivity contribution in [2.45, 2.75) is 39.5 Å². The third-order valence-corrected chi connectivity index (χ3v) is 2.70. The highest BCUT2D eigenvalue weighted by atomic mass is 16.2. The highest BCUT2D eigenvalue weighted by Gasteiger charge is 2.21. The van der Waals surface area contributed by atoms with Crippen LogP contribution in [0, 0.1) is 6.92 Å². The van der Waals surface area contributed by atoms with Gasteiger partial charge in [-0.1, -0.05) is 20.8 Å². The minimum absolute atomic E-state index is 0.0741. The molecule has 0 unspecified atom stereocenters. The molecule has 0 aromatic carbocycles. The van der Waals surface area contributed by atoms with Gasteiger partial charge in [0.1, 0.15) is 11.4 Å². The lowest BCUT2D eigenvalue weighted by atomic mass is 9.95. The molecule has 0 atom stereocenters. The molecule has 19 heavy (non-hydrogen) atoms. The van der Waals surface area contributed by atoms with Crippen molar-refractivity contribution in [2.75, 3.05) is 13.1 Å². The van der Waals surface area contributed by atoms with Crippen LogP contribution in [0.4, 0.5) is 0 Å². The van der Waals surface area contributed by atoms with Crippen LogP contribution in [0.3, 0.4) is 0 Å². The molecule has 1 amide bonds. The Bertz CT molecular complexity index is 514. The van der Waals surface area contributed by atoms with Gasteiger partial charge in [0.15, 0.2) is 0 Å². The standard InChI is InChI=1S/C13H22N4O2/c1-8-9(10(18)15-7-5-6-14)11(19)17-12(16-8)13(2,3)4/h5-7,14H2,1-4H3,(H,15,18)(H,16,17,19). The van der Waals surface area contributed by atoms with Crippen LogP contribution in [0.1, 0.15) is 49.1 Å². The van der Waals surface area contributed by atoms with Crippen LogP contribution in [0.15, 0.2) is 4.79 Å². The Morgan fingerprint density at radius 2 is 2.05 bits per heavy atom. The number of nitrogens with zero attached hydrogens (tertiary/aromatic N) is 1. The van der Waals surface area contributed by atoms with Crippen molar-refractivity contribution in [3.8, 4) is 0 Å². The Morgan fingerprint density at radius 1 is 1.42 bits per heavy atom. The van der Waals surface area contributed by atoms with Gasteiger partial charge < -0.3 is 16.0 Å². The van der Waals surface area contributed by atoms with E-state index in [0.717, 1.165) is 0 Å². The second kappa shape index (κ2) is 5.97. The van der Waals surface area contributed by atoms with Crippen LogP contribution in [0.2, 0.25) is 0 Å². The Hall–Kier alpha value is -1.69. The summed E-state index contributed by atoms with van der Waals surface area (Å²) in [5.41, 5.74) is 5.20. The number of rotatable bonds is 4. The molecule has 0 bridgehead atoms. The second-order valence-corrected chi connectivity index (χ2v) is 5.52. The molecule has 0 aliphatic heterocycles. The fourth-order valence-electron chi connectivity index (χ4n) is 1.60. The van der Waals surface area contributed by atoms with Gasteiger partial charge in [-0.05, 0) is 19.9 Å². The average molecular weight is 266 g/mol. The van der Waals surface area contributed by atoms with Crippen LogP contribution >= 0.6 is 0 Å². The third-order valence-electron chi connectivity index (χ3n) is 2.70. The summed E-state index contributed by atoms with van der Waals surface area (Å²) in [6, 6.07) is 0. The van der Waals surface area contributed by atoms with Gasteiger partial charge >= 0.3 is 0 Å². The zero-order chi connectivity index (χ0) is 14.6. The van der Waals surface area contributed by atoms with Gasteiger partial charge in [-0.25, -0.2) is 4.98 Å². The highest BCUT2D eigenvalue weighted by molar-refractivity contribution is 5.94. The number of aromatic nitrogens is 2. The minimum atomic E-state index is -0.403. The molecule has 0 fully saturated rings. The van der Waals surface area contributed by atoms with Gasteiger partial charge in [0, 0.05) is 12.0 Å². The van der Waals surface area contributed by atoms with E-state index in [1.165, 1.54) is 0 Å². The summed E-state index contributed by atoms with van der Waals surface area (Å²) in [4.78, 5) is 30.9. The first-order valence-electron chi connectivity index (χ1n) is 6.37. The summed E-state index contributed by atoms with van der Waals surface area (Å²) in [5, 5.41) is 2.66. The first-order valence-corrected chi connectivity index (χ1v) is 6.37. The Kier molecular flexibility index (Phi) is 4.83. The van der Waals surface area contributed by atoms with E-state index in [-0.39, 0.29) is 11.0 Å². The molecule has 1 aromatic heterocycles. The van der Waals surface area contributed by atoms with Gasteiger partial charge in [-0.2, -0.15) is 0 Å². The highest BCUT2D eigenvalue weighted by Crippen LogP contribution is 2.17. The first kappa shape index (κ1) is 15.4. The maximum Gasteiger partial charge on any atom is 0.264 e. The number of aromatic amines is 1. The average Bonchev–Trinajstić information content (AvgIpc) is 2.27. The lowest BCUT2D eigenvalue weighted by Crippen LogP contribution is -2.34. The lowest BCUT2D eigenvalue weighted by molar-refractivity contribution is 0.0950. The third kappa shape index (κ3) is 3.89. The zero-order valence-electron chi connectivity index (χ0n) is 12.0. The molecule has 0 aliphatic rings. The van der Waals surface area contributed by atoms with Gasteiger partial charge in [-0.15, -0.1) is 0 Å². The second-order valence-electron chi connectivity index (χ2n) is 5.52. The SMILES string of the molecule is Cc1nc(C(C)(C)C)[nH]c(=O)c1C(=O)NCCCN. The molecule has 1 heterocycles. The summed E-state index contributed by atoms with van der Waals surface area (Å²) >= 11 is 0. The van der Waals surface area contributed by atoms with E-state index in [9.17, 15) is 9.59 Å². The van der Waals surface area contributed by atoms with Crippen molar-refractivity contribution in [3.05, 3.63) is 27.4 Å². The fourth-order valence-corrected chi connectivity index (χ4v) is 1.60. The number of carbonyl (C=O) groups is 1. The smallest absolute Gasteiger partial charge is 0.264 e. The molecule has 0 spiro atoms. The fraction of sp³-hybridized carbons (Fsp3) is 0.615. The van der Waals surface area contributed by atoms with Gasteiger partial charge in [0.05, 0.1) is 5.69 Å². The molecule has 6 nitrogen and oxygen atoms in total. The van der Waals surface area contributed by atoms with Crippen molar-refractivity contribution in [3.63, 3.8) is 0 Å². The first-order chi connectivity index (χ1) is 8.77. The Labute approximate surface area is 112 Å². The van der Waals surface area contributed by atoms with E-state index in [4.69, 9.17) is 5.73 Å². The van der Waals surface area contributed by atoms with Crippen LogP contribution in [0.25, 0.3) is 0 Å². The van der Waals surface area contributed by atoms with E-state index < -0.39 is 11.5 Å². The van der Waals surface area contributed by atoms with E-state index in [1.807, 2.05) is 20.8 Å². The number of nitrogens with two attached hydrogens (primary N) is 1. The normalized spacial score (nSPS) is 11.4. The molecule has 0 saturated heterocycles. The molecule has 0 saturated carbocycles. The predicted molar refractivity (Wildman–Crippen MR) is 74.3 cm³/mol. The molecule has 4 N–H and O–H groups in total. The number of nitrogens with one attached hydrogen (secondary N) is 2. The number of hydrogen-bond donors (Lipinski definition) is 3. The minimum Gasteiger partial charge on any atom is -0.352 e. The Morgan fingerprint density at radius 3 is 2.53 bits per heavy atom. The molecule has 0 radical (unpaired) electrons. The quantitative estimate of drug-likeness (QED) is 0.689. The van der Waals surface area contributed by atoms with Crippen LogP contribution in [0.5, 0.6) is 0 Å². The van der Waals surface area contributed by atoms with Gasteiger partial charge in [0.25, 0.3) is 11.5 Å². The molecule has 6 heteroatoms. The van der Waals surface area contributed by atoms with Crippen molar-refractivity contribution in [1.82, 2.24) is 15.3 Å². The van der Waals surface area contributed by atoms with Gasteiger partial charge in [0.2, 0.25) is 0 Å². The summed E-state index contributed by atoms with van der Waals surface area (Å²) in [7, 11) is 0. The number of H-pyrrole nitrogens is 1. The van der Waals surface area contributed by atoms with Crippen molar-refractivity contribution in [2.24, 2.45) is 5.73 Å². The zero-order valence-corrected chi connectivity index (χ0v) is 12.0. The molecule has 106 valence electrons. The number of hydrogen-bond acceptors (Lipinski definition) is 4. The maximum absolute atomic E-state index is 12.0. The molecule has 1 aromatic rings. The summed E-state index contributed by atoms with van der Waals surface area (Å²) in [6.45, 7) is 8.47. The lowest BCUT2D eigenvalue weighted by Gasteiger charge is -2.18. The number of amides is 1. The van der Waals surface area contributed by atoms with E-state index in [1.54, 1.807) is 6.92 Å².